The number of carbonyl (C=O) groups is 1. The Morgan fingerprint density at radius 2 is 1.95 bits per heavy atom. The summed E-state index contributed by atoms with van der Waals surface area (Å²) in [6, 6.07) is 9.83. The van der Waals surface area contributed by atoms with Crippen LogP contribution >= 0.6 is 11.8 Å². The third-order valence-electron chi connectivity index (χ3n) is 3.83. The summed E-state index contributed by atoms with van der Waals surface area (Å²) in [6.45, 7) is 0. The number of amides is 1. The van der Waals surface area contributed by atoms with Gasteiger partial charge in [0.2, 0.25) is 5.91 Å². The minimum atomic E-state index is -0.670. The van der Waals surface area contributed by atoms with Gasteiger partial charge in [-0.05, 0) is 25.0 Å². The van der Waals surface area contributed by atoms with Gasteiger partial charge < -0.3 is 11.1 Å². The van der Waals surface area contributed by atoms with Crippen LogP contribution in [0.25, 0.3) is 0 Å². The Bertz CT molecular complexity index is 531. The molecule has 1 amide bonds. The number of benzene rings is 1. The van der Waals surface area contributed by atoms with E-state index in [0.717, 1.165) is 43.4 Å². The molecule has 2 rings (SSSR count). The van der Waals surface area contributed by atoms with E-state index in [-0.39, 0.29) is 11.7 Å². The Morgan fingerprint density at radius 1 is 1.29 bits per heavy atom. The molecule has 0 saturated heterocycles. The molecule has 4 nitrogen and oxygen atoms in total. The fourth-order valence-electron chi connectivity index (χ4n) is 2.66. The van der Waals surface area contributed by atoms with Gasteiger partial charge in [-0.2, -0.15) is 5.26 Å². The molecule has 0 spiro atoms. The highest BCUT2D eigenvalue weighted by atomic mass is 32.2. The molecule has 0 radical (unpaired) electrons. The molecular weight excluding hydrogens is 282 g/mol. The fourth-order valence-corrected chi connectivity index (χ4v) is 3.42. The molecule has 0 atom stereocenters. The Morgan fingerprint density at radius 3 is 2.57 bits per heavy atom. The van der Waals surface area contributed by atoms with E-state index in [4.69, 9.17) is 5.73 Å². The number of nitriles is 1. The molecule has 0 unspecified atom stereocenters. The van der Waals surface area contributed by atoms with Crippen LogP contribution in [0.5, 0.6) is 0 Å². The number of rotatable bonds is 4. The summed E-state index contributed by atoms with van der Waals surface area (Å²) < 4.78 is 0. The molecule has 21 heavy (non-hydrogen) atoms. The minimum absolute atomic E-state index is 0.0910. The first-order valence-corrected chi connectivity index (χ1v) is 8.33. The van der Waals surface area contributed by atoms with Crippen molar-refractivity contribution in [1.29, 1.82) is 5.26 Å². The van der Waals surface area contributed by atoms with E-state index in [2.05, 4.69) is 11.4 Å². The highest BCUT2D eigenvalue weighted by Crippen LogP contribution is 2.28. The van der Waals surface area contributed by atoms with Crippen molar-refractivity contribution in [3.8, 4) is 6.07 Å². The van der Waals surface area contributed by atoms with Gasteiger partial charge in [-0.1, -0.05) is 37.8 Å². The van der Waals surface area contributed by atoms with Crippen molar-refractivity contribution in [1.82, 2.24) is 5.32 Å². The van der Waals surface area contributed by atoms with E-state index in [0.29, 0.717) is 5.69 Å². The lowest BCUT2D eigenvalue weighted by Gasteiger charge is -2.26. The van der Waals surface area contributed by atoms with Gasteiger partial charge in [-0.3, -0.25) is 4.79 Å². The lowest BCUT2D eigenvalue weighted by atomic mass is 9.92. The number of thioether (sulfide) groups is 1. The number of hydrogen-bond acceptors (Lipinski definition) is 4. The Balaban J connectivity index is 1.91. The number of anilines is 1. The van der Waals surface area contributed by atoms with Crippen LogP contribution in [-0.4, -0.2) is 17.2 Å². The number of para-hydroxylation sites is 1. The summed E-state index contributed by atoms with van der Waals surface area (Å²) in [7, 11) is 0. The van der Waals surface area contributed by atoms with E-state index in [1.807, 2.05) is 24.3 Å². The van der Waals surface area contributed by atoms with Crippen molar-refractivity contribution in [2.75, 3.05) is 11.5 Å². The van der Waals surface area contributed by atoms with Crippen molar-refractivity contribution in [3.05, 3.63) is 24.3 Å². The average molecular weight is 303 g/mol. The molecule has 112 valence electrons. The maximum Gasteiger partial charge on any atom is 0.231 e. The van der Waals surface area contributed by atoms with Crippen LogP contribution < -0.4 is 11.1 Å². The second-order valence-electron chi connectivity index (χ2n) is 5.48. The zero-order chi connectivity index (χ0) is 15.1. The molecule has 0 aliphatic heterocycles. The van der Waals surface area contributed by atoms with Crippen molar-refractivity contribution < 1.29 is 4.79 Å². The quantitative estimate of drug-likeness (QED) is 0.509. The molecule has 3 N–H and O–H groups in total. The van der Waals surface area contributed by atoms with Crippen molar-refractivity contribution in [2.24, 2.45) is 0 Å². The summed E-state index contributed by atoms with van der Waals surface area (Å²) >= 11 is 1.41. The summed E-state index contributed by atoms with van der Waals surface area (Å²) in [6.07, 6.45) is 5.82. The molecule has 1 aliphatic carbocycles. The van der Waals surface area contributed by atoms with E-state index in [9.17, 15) is 10.1 Å². The van der Waals surface area contributed by atoms with Crippen LogP contribution in [0.2, 0.25) is 0 Å². The third kappa shape index (κ3) is 4.40. The fraction of sp³-hybridized carbons (Fsp3) is 0.500. The van der Waals surface area contributed by atoms with Gasteiger partial charge in [0.1, 0.15) is 5.54 Å². The summed E-state index contributed by atoms with van der Waals surface area (Å²) in [5, 5.41) is 12.4. The molecule has 0 aromatic heterocycles. The highest BCUT2D eigenvalue weighted by Gasteiger charge is 2.32. The van der Waals surface area contributed by atoms with Gasteiger partial charge >= 0.3 is 0 Å². The number of nitrogens with two attached hydrogens (primary N) is 1. The number of hydrogen-bond donors (Lipinski definition) is 2. The van der Waals surface area contributed by atoms with Crippen molar-refractivity contribution >= 4 is 23.4 Å². The zero-order valence-electron chi connectivity index (χ0n) is 12.1. The average Bonchev–Trinajstić information content (AvgIpc) is 2.72. The first-order valence-electron chi connectivity index (χ1n) is 7.35. The molecule has 1 aromatic rings. The van der Waals surface area contributed by atoms with Gasteiger partial charge in [0.05, 0.1) is 11.8 Å². The van der Waals surface area contributed by atoms with Gasteiger partial charge in [-0.25, -0.2) is 0 Å². The van der Waals surface area contributed by atoms with Crippen LogP contribution in [0.1, 0.15) is 38.5 Å². The summed E-state index contributed by atoms with van der Waals surface area (Å²) in [5.74, 6) is 0.198. The molecule has 1 fully saturated rings. The van der Waals surface area contributed by atoms with E-state index >= 15 is 0 Å². The van der Waals surface area contributed by atoms with E-state index < -0.39 is 5.54 Å². The van der Waals surface area contributed by atoms with Crippen LogP contribution in [0, 0.1) is 11.3 Å². The second kappa shape index (κ2) is 7.37. The molecule has 1 aromatic carbocycles. The van der Waals surface area contributed by atoms with Gasteiger partial charge in [0.15, 0.2) is 0 Å². The van der Waals surface area contributed by atoms with Gasteiger partial charge in [0.25, 0.3) is 0 Å². The van der Waals surface area contributed by atoms with Crippen LogP contribution in [-0.2, 0) is 4.79 Å². The molecule has 1 aliphatic rings. The predicted molar refractivity (Wildman–Crippen MR) is 85.8 cm³/mol. The predicted octanol–water partition coefficient (Wildman–Crippen LogP) is 3.09. The first-order chi connectivity index (χ1) is 10.2. The highest BCUT2D eigenvalue weighted by molar-refractivity contribution is 8.00. The zero-order valence-corrected chi connectivity index (χ0v) is 12.9. The first kappa shape index (κ1) is 15.7. The van der Waals surface area contributed by atoms with E-state index in [1.165, 1.54) is 11.8 Å². The van der Waals surface area contributed by atoms with Crippen LogP contribution in [0.3, 0.4) is 0 Å². The Labute approximate surface area is 130 Å². The molecule has 5 heteroatoms. The van der Waals surface area contributed by atoms with Gasteiger partial charge in [-0.15, -0.1) is 11.8 Å². The van der Waals surface area contributed by atoms with Crippen LogP contribution in [0.15, 0.2) is 29.2 Å². The lowest BCUT2D eigenvalue weighted by molar-refractivity contribution is -0.120. The minimum Gasteiger partial charge on any atom is -0.398 e. The van der Waals surface area contributed by atoms with Gasteiger partial charge in [0, 0.05) is 10.6 Å². The Hall–Kier alpha value is -1.67. The van der Waals surface area contributed by atoms with E-state index in [1.54, 1.807) is 0 Å². The molecule has 0 heterocycles. The lowest BCUT2D eigenvalue weighted by Crippen LogP contribution is -2.47. The van der Waals surface area contributed by atoms with Crippen molar-refractivity contribution in [3.63, 3.8) is 0 Å². The third-order valence-corrected chi connectivity index (χ3v) is 4.92. The van der Waals surface area contributed by atoms with Crippen molar-refractivity contribution in [2.45, 2.75) is 49.0 Å². The topological polar surface area (TPSA) is 78.9 Å². The number of carbonyl (C=O) groups excluding carboxylic acids is 1. The number of nitrogens with zero attached hydrogens (tertiary/aromatic N) is 1. The maximum atomic E-state index is 12.1. The number of nitrogen functional groups attached to an aromatic ring is 1. The summed E-state index contributed by atoms with van der Waals surface area (Å²) in [4.78, 5) is 13.1. The smallest absolute Gasteiger partial charge is 0.231 e. The Kier molecular flexibility index (Phi) is 5.51. The molecule has 1 saturated carbocycles. The monoisotopic (exact) mass is 303 g/mol. The standard InChI is InChI=1S/C16H21N3OS/c17-12-16(9-5-1-2-6-10-16)19-15(20)11-21-14-8-4-3-7-13(14)18/h3-4,7-8H,1-2,5-6,9-11,18H2,(H,19,20). The maximum absolute atomic E-state index is 12.1. The SMILES string of the molecule is N#CC1(NC(=O)CSc2ccccc2N)CCCCCC1. The van der Waals surface area contributed by atoms with Crippen LogP contribution in [0.4, 0.5) is 5.69 Å². The molecular formula is C16H21N3OS. The normalized spacial score (nSPS) is 17.5. The second-order valence-corrected chi connectivity index (χ2v) is 6.50. The summed E-state index contributed by atoms with van der Waals surface area (Å²) in [5.41, 5.74) is 5.87. The molecule has 0 bridgehead atoms. The number of nitrogens with one attached hydrogen (secondary N) is 1. The largest absolute Gasteiger partial charge is 0.398 e.